The van der Waals surface area contributed by atoms with E-state index in [1.165, 1.54) is 0 Å². The van der Waals surface area contributed by atoms with E-state index in [1.807, 2.05) is 0 Å². The molecule has 1 saturated heterocycles. The van der Waals surface area contributed by atoms with Crippen molar-refractivity contribution < 1.29 is 13.5 Å². The van der Waals surface area contributed by atoms with Crippen LogP contribution in [0, 0.1) is 28.4 Å². The summed E-state index contributed by atoms with van der Waals surface area (Å²) >= 11 is 0. The van der Waals surface area contributed by atoms with Crippen LogP contribution in [0.15, 0.2) is 18.2 Å². The Hall–Kier alpha value is -1.47. The number of benzene rings is 1. The number of rotatable bonds is 2. The summed E-state index contributed by atoms with van der Waals surface area (Å²) < 4.78 is 31.5. The van der Waals surface area contributed by atoms with Crippen LogP contribution >= 0.6 is 0 Å². The van der Waals surface area contributed by atoms with Crippen molar-refractivity contribution in [3.63, 3.8) is 0 Å². The molecule has 0 radical (unpaired) electrons. The Kier molecular flexibility index (Phi) is 2.88. The molecule has 0 aromatic heterocycles. The Labute approximate surface area is 92.5 Å². The molecule has 84 valence electrons. The predicted molar refractivity (Wildman–Crippen MR) is 53.5 cm³/mol. The molecule has 1 heterocycles. The van der Waals surface area contributed by atoms with Gasteiger partial charge in [-0.15, -0.1) is 0 Å². The molecule has 1 atom stereocenters. The zero-order valence-corrected chi connectivity index (χ0v) is 8.67. The Morgan fingerprint density at radius 3 is 2.88 bits per heavy atom. The van der Waals surface area contributed by atoms with Gasteiger partial charge in [0.25, 0.3) is 0 Å². The lowest BCUT2D eigenvalue weighted by Gasteiger charge is -2.18. The van der Waals surface area contributed by atoms with Gasteiger partial charge in [-0.2, -0.15) is 5.26 Å². The number of nitrogens with zero attached hydrogens (tertiary/aromatic N) is 1. The largest absolute Gasteiger partial charge is 0.380 e. The number of hydrogen-bond acceptors (Lipinski definition) is 2. The van der Waals surface area contributed by atoms with Gasteiger partial charge >= 0.3 is 0 Å². The van der Waals surface area contributed by atoms with Crippen LogP contribution in [0.2, 0.25) is 0 Å². The second-order valence-electron chi connectivity index (χ2n) is 4.11. The van der Waals surface area contributed by atoms with E-state index in [2.05, 4.69) is 6.07 Å². The van der Waals surface area contributed by atoms with E-state index >= 15 is 0 Å². The summed E-state index contributed by atoms with van der Waals surface area (Å²) in [6, 6.07) is 5.47. The van der Waals surface area contributed by atoms with Crippen molar-refractivity contribution in [2.24, 2.45) is 5.41 Å². The second kappa shape index (κ2) is 4.18. The first-order chi connectivity index (χ1) is 7.65. The summed E-state index contributed by atoms with van der Waals surface area (Å²) in [4.78, 5) is 0. The third-order valence-corrected chi connectivity index (χ3v) is 2.88. The highest BCUT2D eigenvalue weighted by Gasteiger charge is 2.36. The van der Waals surface area contributed by atoms with Crippen molar-refractivity contribution in [1.82, 2.24) is 0 Å². The number of ether oxygens (including phenoxy) is 1. The number of hydrogen-bond donors (Lipinski definition) is 0. The van der Waals surface area contributed by atoms with E-state index in [0.29, 0.717) is 19.6 Å². The van der Waals surface area contributed by atoms with E-state index in [0.717, 1.165) is 18.2 Å². The minimum atomic E-state index is -0.700. The molecule has 1 aromatic rings. The van der Waals surface area contributed by atoms with Crippen molar-refractivity contribution in [3.05, 3.63) is 35.4 Å². The average molecular weight is 223 g/mol. The Bertz CT molecular complexity index is 433. The molecular weight excluding hydrogens is 212 g/mol. The van der Waals surface area contributed by atoms with Crippen LogP contribution in [0.1, 0.15) is 12.0 Å². The van der Waals surface area contributed by atoms with E-state index in [1.54, 1.807) is 0 Å². The van der Waals surface area contributed by atoms with Gasteiger partial charge in [0.1, 0.15) is 11.6 Å². The first kappa shape index (κ1) is 11.0. The molecular formula is C12H11F2NO. The van der Waals surface area contributed by atoms with Crippen molar-refractivity contribution in [3.8, 4) is 6.07 Å². The lowest BCUT2D eigenvalue weighted by atomic mass is 9.82. The fraction of sp³-hybridized carbons (Fsp3) is 0.417. The molecule has 4 heteroatoms. The number of nitriles is 1. The summed E-state index contributed by atoms with van der Waals surface area (Å²) in [6.07, 6.45) is 0.770. The lowest BCUT2D eigenvalue weighted by Crippen LogP contribution is -2.22. The van der Waals surface area contributed by atoms with Crippen LogP contribution in [-0.4, -0.2) is 13.2 Å². The van der Waals surface area contributed by atoms with Gasteiger partial charge in [-0.25, -0.2) is 8.78 Å². The Balaban J connectivity index is 2.26. The molecule has 1 aliphatic rings. The predicted octanol–water partition coefficient (Wildman–Crippen LogP) is 2.44. The Morgan fingerprint density at radius 2 is 2.25 bits per heavy atom. The molecule has 0 bridgehead atoms. The summed E-state index contributed by atoms with van der Waals surface area (Å²) in [6.45, 7) is 0.796. The molecule has 0 spiro atoms. The smallest absolute Gasteiger partial charge is 0.126 e. The monoisotopic (exact) mass is 223 g/mol. The third-order valence-electron chi connectivity index (χ3n) is 2.88. The maximum absolute atomic E-state index is 13.4. The third kappa shape index (κ3) is 2.05. The van der Waals surface area contributed by atoms with Gasteiger partial charge < -0.3 is 4.74 Å². The fourth-order valence-electron chi connectivity index (χ4n) is 1.92. The normalized spacial score (nSPS) is 24.3. The van der Waals surface area contributed by atoms with E-state index in [-0.39, 0.29) is 12.0 Å². The van der Waals surface area contributed by atoms with E-state index in [9.17, 15) is 8.78 Å². The van der Waals surface area contributed by atoms with E-state index in [4.69, 9.17) is 10.00 Å². The highest BCUT2D eigenvalue weighted by molar-refractivity contribution is 5.23. The van der Waals surface area contributed by atoms with Crippen molar-refractivity contribution in [1.29, 1.82) is 5.26 Å². The molecule has 1 unspecified atom stereocenters. The van der Waals surface area contributed by atoms with E-state index < -0.39 is 17.0 Å². The quantitative estimate of drug-likeness (QED) is 0.771. The minimum absolute atomic E-state index is 0.201. The summed E-state index contributed by atoms with van der Waals surface area (Å²) in [5.74, 6) is -0.952. The maximum atomic E-state index is 13.4. The van der Waals surface area contributed by atoms with Crippen molar-refractivity contribution in [2.45, 2.75) is 12.8 Å². The summed E-state index contributed by atoms with van der Waals surface area (Å²) in [7, 11) is 0. The van der Waals surface area contributed by atoms with Gasteiger partial charge in [0.2, 0.25) is 0 Å². The topological polar surface area (TPSA) is 33.0 Å². The lowest BCUT2D eigenvalue weighted by molar-refractivity contribution is 0.171. The van der Waals surface area contributed by atoms with Gasteiger partial charge in [0, 0.05) is 6.61 Å². The summed E-state index contributed by atoms with van der Waals surface area (Å²) in [5.41, 5.74) is -0.457. The molecule has 1 aromatic carbocycles. The standard InChI is InChI=1S/C12H11F2NO/c13-10-1-2-11(14)9(5-10)6-12(7-15)3-4-16-8-12/h1-2,5H,3-4,6,8H2. The Morgan fingerprint density at radius 1 is 1.44 bits per heavy atom. The van der Waals surface area contributed by atoms with Crippen LogP contribution in [-0.2, 0) is 11.2 Å². The van der Waals surface area contributed by atoms with Crippen LogP contribution in [0.4, 0.5) is 8.78 Å². The van der Waals surface area contributed by atoms with Crippen LogP contribution in [0.5, 0.6) is 0 Å². The number of halogens is 2. The fourth-order valence-corrected chi connectivity index (χ4v) is 1.92. The molecule has 16 heavy (non-hydrogen) atoms. The van der Waals surface area contributed by atoms with Gasteiger partial charge in [-0.05, 0) is 36.6 Å². The average Bonchev–Trinajstić information content (AvgIpc) is 2.73. The molecule has 1 aliphatic heterocycles. The van der Waals surface area contributed by atoms with Crippen LogP contribution in [0.3, 0.4) is 0 Å². The molecule has 0 amide bonds. The van der Waals surface area contributed by atoms with Gasteiger partial charge in [0.05, 0.1) is 18.1 Å². The van der Waals surface area contributed by atoms with Crippen LogP contribution in [0.25, 0.3) is 0 Å². The van der Waals surface area contributed by atoms with Crippen molar-refractivity contribution >= 4 is 0 Å². The maximum Gasteiger partial charge on any atom is 0.126 e. The molecule has 2 rings (SSSR count). The molecule has 1 fully saturated rings. The first-order valence-electron chi connectivity index (χ1n) is 5.08. The van der Waals surface area contributed by atoms with Gasteiger partial charge in [-0.1, -0.05) is 0 Å². The second-order valence-corrected chi connectivity index (χ2v) is 4.11. The van der Waals surface area contributed by atoms with Crippen molar-refractivity contribution in [2.75, 3.05) is 13.2 Å². The SMILES string of the molecule is N#CC1(Cc2cc(F)ccc2F)CCOC1. The van der Waals surface area contributed by atoms with Gasteiger partial charge in [0.15, 0.2) is 0 Å². The molecule has 0 N–H and O–H groups in total. The zero-order valence-electron chi connectivity index (χ0n) is 8.67. The molecule has 0 aliphatic carbocycles. The highest BCUT2D eigenvalue weighted by atomic mass is 19.1. The minimum Gasteiger partial charge on any atom is -0.380 e. The zero-order chi connectivity index (χ0) is 11.6. The molecule has 0 saturated carbocycles. The molecule has 2 nitrogen and oxygen atoms in total. The highest BCUT2D eigenvalue weighted by Crippen LogP contribution is 2.32. The summed E-state index contributed by atoms with van der Waals surface area (Å²) in [5, 5.41) is 9.09. The van der Waals surface area contributed by atoms with Gasteiger partial charge in [-0.3, -0.25) is 0 Å². The van der Waals surface area contributed by atoms with Crippen LogP contribution < -0.4 is 0 Å². The first-order valence-corrected chi connectivity index (χ1v) is 5.08.